The second-order valence-electron chi connectivity index (χ2n) is 6.69. The van der Waals surface area contributed by atoms with E-state index in [9.17, 15) is 14.4 Å². The maximum atomic E-state index is 11.4. The molecule has 0 aliphatic carbocycles. The van der Waals surface area contributed by atoms with Gasteiger partial charge in [0.15, 0.2) is 0 Å². The number of esters is 1. The van der Waals surface area contributed by atoms with E-state index in [0.717, 1.165) is 25.9 Å². The van der Waals surface area contributed by atoms with Gasteiger partial charge in [-0.1, -0.05) is 36.4 Å². The van der Waals surface area contributed by atoms with Crippen molar-refractivity contribution in [3.8, 4) is 5.69 Å². The van der Waals surface area contributed by atoms with Crippen LogP contribution in [0.5, 0.6) is 0 Å². The summed E-state index contributed by atoms with van der Waals surface area (Å²) in [6.45, 7) is 5.27. The maximum Gasteiger partial charge on any atom is 0.313 e. The molecule has 3 aromatic rings. The summed E-state index contributed by atoms with van der Waals surface area (Å²) in [5.74, 6) is 4.50. The molecule has 0 fully saturated rings. The lowest BCUT2D eigenvalue weighted by molar-refractivity contribution is -0.145. The second-order valence-corrected chi connectivity index (χ2v) is 20.8. The minimum Gasteiger partial charge on any atom is -0.466 e. The molecular formula is C22H28N4O4S12. The smallest absolute Gasteiger partial charge is 0.313 e. The fraction of sp³-hybridized carbons (Fsp3) is 0.227. The van der Waals surface area contributed by atoms with Crippen LogP contribution in [-0.4, -0.2) is 28.1 Å². The summed E-state index contributed by atoms with van der Waals surface area (Å²) < 4.78 is 6.02. The van der Waals surface area contributed by atoms with Crippen molar-refractivity contribution >= 4 is 133 Å². The molecule has 0 aliphatic heterocycles. The first-order valence-electron chi connectivity index (χ1n) is 11.0. The van der Waals surface area contributed by atoms with Crippen LogP contribution in [0.25, 0.3) is 5.69 Å². The largest absolute Gasteiger partial charge is 0.466 e. The summed E-state index contributed by atoms with van der Waals surface area (Å²) in [5, 5.41) is 2.96. The Labute approximate surface area is 287 Å². The first kappa shape index (κ1) is 43.1. The molecule has 0 bridgehead atoms. The van der Waals surface area contributed by atoms with Crippen LogP contribution in [0.4, 0.5) is 5.69 Å². The number of nitrogen functional groups attached to an aromatic ring is 1. The van der Waals surface area contributed by atoms with Gasteiger partial charge < -0.3 is 10.2 Å². The van der Waals surface area contributed by atoms with Crippen LogP contribution in [0.2, 0.25) is 0 Å². The van der Waals surface area contributed by atoms with Crippen molar-refractivity contribution in [2.75, 3.05) is 12.0 Å². The zero-order valence-electron chi connectivity index (χ0n) is 22.3. The molecule has 1 aromatic heterocycles. The van der Waals surface area contributed by atoms with Crippen molar-refractivity contribution in [1.29, 1.82) is 0 Å². The quantitative estimate of drug-likeness (QED) is 0.154. The van der Waals surface area contributed by atoms with Crippen LogP contribution < -0.4 is 16.8 Å². The van der Waals surface area contributed by atoms with E-state index in [4.69, 9.17) is 5.84 Å². The molecule has 3 rings (SSSR count). The first-order chi connectivity index (χ1) is 20.2. The lowest BCUT2D eigenvalue weighted by Crippen LogP contribution is -2.12. The maximum absolute atomic E-state index is 11.4. The molecule has 8 nitrogen and oxygen atoms in total. The molecule has 1 heterocycles. The zero-order chi connectivity index (χ0) is 32.0. The SMILES string of the molecule is CCOC(=O)CC(C)=O.Cc1cc(=O)n(-c2ccccc2)[nH]1.NNc1ccccc1.S=S=S.S=S=S=S=S=S=S=S=S. The summed E-state index contributed by atoms with van der Waals surface area (Å²) >= 11 is 17.5. The molecule has 0 radical (unpaired) electrons. The number of aromatic nitrogens is 2. The Morgan fingerprint density at radius 1 is 0.905 bits per heavy atom. The van der Waals surface area contributed by atoms with Crippen LogP contribution in [0, 0.1) is 6.92 Å². The predicted octanol–water partition coefficient (Wildman–Crippen LogP) is 2.95. The van der Waals surface area contributed by atoms with Crippen molar-refractivity contribution in [3.05, 3.63) is 82.8 Å². The number of nitrogens with two attached hydrogens (primary N) is 1. The number of para-hydroxylation sites is 2. The van der Waals surface area contributed by atoms with Gasteiger partial charge in [0.1, 0.15) is 12.2 Å². The fourth-order valence-corrected chi connectivity index (χ4v) is 16.0. The van der Waals surface area contributed by atoms with E-state index in [2.05, 4.69) is 60.0 Å². The molecule has 42 heavy (non-hydrogen) atoms. The van der Waals surface area contributed by atoms with Crippen LogP contribution >= 0.6 is 0 Å². The third kappa shape index (κ3) is 26.6. The highest BCUT2D eigenvalue weighted by Crippen LogP contribution is 2.02. The highest BCUT2D eigenvalue weighted by molar-refractivity contribution is 8.72. The van der Waals surface area contributed by atoms with E-state index >= 15 is 0 Å². The van der Waals surface area contributed by atoms with Gasteiger partial charge in [0.2, 0.25) is 0 Å². The average Bonchev–Trinajstić information content (AvgIpc) is 3.32. The molecular weight excluding hydrogens is 769 g/mol. The number of carbonyl (C=O) groups excluding carboxylic acids is 2. The number of Topliss-reactive ketones (excluding diaryl/α,β-unsaturated/α-hetero) is 1. The number of nitrogens with one attached hydrogen (secondary N) is 2. The number of ether oxygens (including phenoxy) is 1. The second kappa shape index (κ2) is 31.4. The Hall–Kier alpha value is -1.01. The third-order valence-electron chi connectivity index (χ3n) is 3.67. The number of hydrazine groups is 1. The number of hydrogen-bond donors (Lipinski definition) is 3. The van der Waals surface area contributed by atoms with E-state index in [0.29, 0.717) is 6.61 Å². The molecule has 0 saturated heterocycles. The summed E-state index contributed by atoms with van der Waals surface area (Å²) in [6, 6.07) is 20.7. The summed E-state index contributed by atoms with van der Waals surface area (Å²) in [5.41, 5.74) is 5.17. The van der Waals surface area contributed by atoms with Gasteiger partial charge in [-0.2, -0.15) is 0 Å². The van der Waals surface area contributed by atoms with Gasteiger partial charge >= 0.3 is 5.97 Å². The molecule has 4 N–H and O–H groups in total. The molecule has 232 valence electrons. The number of nitrogens with zero attached hydrogens (tertiary/aromatic N) is 1. The Kier molecular flexibility index (Phi) is 32.3. The Bertz CT molecular complexity index is 1570. The normalized spacial score (nSPS) is 8.38. The van der Waals surface area contributed by atoms with Crippen LogP contribution in [0.1, 0.15) is 26.0 Å². The van der Waals surface area contributed by atoms with E-state index in [1.807, 2.05) is 67.6 Å². The molecule has 0 unspecified atom stereocenters. The molecule has 0 spiro atoms. The van der Waals surface area contributed by atoms with Gasteiger partial charge in [0.05, 0.1) is 12.3 Å². The predicted molar refractivity (Wildman–Crippen MR) is 206 cm³/mol. The van der Waals surface area contributed by atoms with Crippen molar-refractivity contribution in [2.24, 2.45) is 5.84 Å². The van der Waals surface area contributed by atoms with Crippen molar-refractivity contribution in [2.45, 2.75) is 27.2 Å². The standard InChI is InChI=1S/C10H10N2O.C6H8N2.C6H10O3.S9.S3/c1-8-7-10(13)12(11-8)9-5-3-2-4-6-9;7-8-6-4-2-1-3-5-6;1-3-9-6(8)4-5(2)7;1-3-5-7-9-8-6-4-2;1-3-2/h2-7,11H,1H3;1-5,8H,7H2;3-4H2,1-2H3;;. The van der Waals surface area contributed by atoms with Crippen LogP contribution in [0.3, 0.4) is 0 Å². The highest BCUT2D eigenvalue weighted by atomic mass is 33.4. The Morgan fingerprint density at radius 2 is 1.38 bits per heavy atom. The van der Waals surface area contributed by atoms with Gasteiger partial charge in [-0.05, 0) is 45.0 Å². The molecule has 20 heteroatoms. The number of aryl methyl sites for hydroxylation is 1. The molecule has 0 saturated carbocycles. The summed E-state index contributed by atoms with van der Waals surface area (Å²) in [4.78, 5) is 32.0. The van der Waals surface area contributed by atoms with Gasteiger partial charge in [-0.3, -0.25) is 25.3 Å². The number of ketones is 1. The topological polar surface area (TPSA) is 119 Å². The van der Waals surface area contributed by atoms with Gasteiger partial charge in [0.25, 0.3) is 5.56 Å². The molecule has 2 aromatic carbocycles. The highest BCUT2D eigenvalue weighted by Gasteiger charge is 2.03. The monoisotopic (exact) mass is 796 g/mol. The average molecular weight is 797 g/mol. The number of aromatic amines is 1. The number of carbonyl (C=O) groups is 2. The van der Waals surface area contributed by atoms with Gasteiger partial charge in [-0.25, -0.2) is 4.68 Å². The van der Waals surface area contributed by atoms with E-state index in [1.54, 1.807) is 57.4 Å². The minimum atomic E-state index is -0.440. The van der Waals surface area contributed by atoms with Crippen LogP contribution in [-0.2, 0) is 130 Å². The van der Waals surface area contributed by atoms with E-state index in [1.165, 1.54) is 29.4 Å². The Morgan fingerprint density at radius 3 is 1.74 bits per heavy atom. The minimum absolute atomic E-state index is 0.0244. The molecule has 0 amide bonds. The van der Waals surface area contributed by atoms with Gasteiger partial charge in [-0.15, -0.1) is 0 Å². The first-order valence-corrected chi connectivity index (χ1v) is 24.4. The molecule has 0 atom stereocenters. The number of benzene rings is 2. The van der Waals surface area contributed by atoms with Gasteiger partial charge in [0, 0.05) is 133 Å². The van der Waals surface area contributed by atoms with Crippen molar-refractivity contribution in [1.82, 2.24) is 9.78 Å². The number of H-pyrrole nitrogens is 1. The van der Waals surface area contributed by atoms with E-state index < -0.39 is 5.97 Å². The van der Waals surface area contributed by atoms with Crippen molar-refractivity contribution in [3.63, 3.8) is 0 Å². The fourth-order valence-electron chi connectivity index (χ4n) is 2.29. The number of anilines is 1. The lowest BCUT2D eigenvalue weighted by Gasteiger charge is -1.99. The van der Waals surface area contributed by atoms with E-state index in [-0.39, 0.29) is 17.8 Å². The summed E-state index contributed by atoms with van der Waals surface area (Å²) in [7, 11) is 11.8. The zero-order valence-corrected chi connectivity index (χ0v) is 32.1. The third-order valence-corrected chi connectivity index (χ3v) is 17.0. The van der Waals surface area contributed by atoms with Crippen LogP contribution in [0.15, 0.2) is 71.5 Å². The Balaban J connectivity index is 0. The molecule has 0 aliphatic rings. The van der Waals surface area contributed by atoms with Crippen molar-refractivity contribution < 1.29 is 14.3 Å². The lowest BCUT2D eigenvalue weighted by atomic mass is 10.3. The summed E-state index contributed by atoms with van der Waals surface area (Å²) in [6.07, 6.45) is -0.103. The number of hydrogen-bond acceptors (Lipinski definition) is 10. The number of rotatable bonds is 5.